The van der Waals surface area contributed by atoms with Crippen LogP contribution in [0, 0.1) is 6.92 Å². The summed E-state index contributed by atoms with van der Waals surface area (Å²) in [6.07, 6.45) is 1.70. The zero-order valence-electron chi connectivity index (χ0n) is 18.4. The van der Waals surface area contributed by atoms with Gasteiger partial charge in [-0.1, -0.05) is 12.1 Å². The molecule has 4 rings (SSSR count). The molecular weight excluding hydrogens is 410 g/mol. The number of benzene rings is 2. The van der Waals surface area contributed by atoms with Gasteiger partial charge in [0, 0.05) is 23.4 Å². The van der Waals surface area contributed by atoms with Gasteiger partial charge < -0.3 is 24.6 Å². The smallest absolute Gasteiger partial charge is 0.203 e. The fourth-order valence-corrected chi connectivity index (χ4v) is 3.52. The first-order chi connectivity index (χ1) is 15.6. The average molecular weight is 435 g/mol. The van der Waals surface area contributed by atoms with Crippen molar-refractivity contribution in [1.29, 1.82) is 0 Å². The number of hydrogen-bond acceptors (Lipinski definition) is 8. The summed E-state index contributed by atoms with van der Waals surface area (Å²) in [7, 11) is 4.71. The summed E-state index contributed by atoms with van der Waals surface area (Å²) in [5, 5.41) is 19.7. The first kappa shape index (κ1) is 21.4. The Balaban J connectivity index is 1.81. The van der Waals surface area contributed by atoms with Crippen LogP contribution in [-0.4, -0.2) is 59.8 Å². The number of rotatable bonds is 8. The van der Waals surface area contributed by atoms with Crippen molar-refractivity contribution < 1.29 is 19.3 Å². The molecule has 0 spiro atoms. The molecule has 0 saturated carbocycles. The normalized spacial score (nSPS) is 10.9. The van der Waals surface area contributed by atoms with Crippen LogP contribution in [0.5, 0.6) is 17.2 Å². The summed E-state index contributed by atoms with van der Waals surface area (Å²) in [5.74, 6) is 1.58. The Labute approximate surface area is 185 Å². The Kier molecular flexibility index (Phi) is 6.09. The number of anilines is 1. The zero-order chi connectivity index (χ0) is 22.7. The zero-order valence-corrected chi connectivity index (χ0v) is 18.4. The van der Waals surface area contributed by atoms with E-state index in [2.05, 4.69) is 20.5 Å². The summed E-state index contributed by atoms with van der Waals surface area (Å²) in [5.41, 5.74) is 6.24. The van der Waals surface area contributed by atoms with Crippen LogP contribution < -0.4 is 19.5 Å². The molecule has 0 amide bonds. The van der Waals surface area contributed by atoms with Crippen LogP contribution in [-0.2, 0) is 0 Å². The minimum Gasteiger partial charge on any atom is -0.493 e. The summed E-state index contributed by atoms with van der Waals surface area (Å²) < 4.78 is 16.4. The van der Waals surface area contributed by atoms with Gasteiger partial charge in [-0.2, -0.15) is 5.10 Å². The van der Waals surface area contributed by atoms with Crippen molar-refractivity contribution in [2.45, 2.75) is 6.92 Å². The number of aromatic nitrogens is 4. The van der Waals surface area contributed by atoms with E-state index in [1.54, 1.807) is 27.5 Å². The third-order valence-electron chi connectivity index (χ3n) is 5.18. The largest absolute Gasteiger partial charge is 0.493 e. The van der Waals surface area contributed by atoms with E-state index < -0.39 is 0 Å². The van der Waals surface area contributed by atoms with Gasteiger partial charge in [0.15, 0.2) is 17.1 Å². The summed E-state index contributed by atoms with van der Waals surface area (Å²) in [6, 6.07) is 9.68. The molecule has 166 valence electrons. The highest BCUT2D eigenvalue weighted by Gasteiger charge is 2.18. The molecule has 0 unspecified atom stereocenters. The quantitative estimate of drug-likeness (QED) is 0.386. The minimum absolute atomic E-state index is 0.0581. The van der Waals surface area contributed by atoms with Crippen LogP contribution >= 0.6 is 0 Å². The predicted octanol–water partition coefficient (Wildman–Crippen LogP) is 3.43. The number of fused-ring (bicyclic) bond motifs is 1. The fraction of sp³-hybridized carbons (Fsp3) is 0.261. The number of aliphatic hydroxyl groups excluding tert-OH is 1. The number of aromatic amines is 1. The molecule has 2 heterocycles. The number of H-pyrrole nitrogens is 1. The third-order valence-corrected chi connectivity index (χ3v) is 5.18. The molecule has 9 heteroatoms. The molecule has 0 aliphatic heterocycles. The standard InChI is InChI=1S/C23H25N5O4/c1-13-5-6-14(9-16(13)24-7-8-29)17-12-25-23-21(26-17)20(27-28-23)15-10-18(30-2)22(32-4)19(11-15)31-3/h5-6,9-12,24,29H,7-8H2,1-4H3,(H,25,27,28). The lowest BCUT2D eigenvalue weighted by molar-refractivity contribution is 0.311. The molecule has 32 heavy (non-hydrogen) atoms. The molecule has 0 aliphatic carbocycles. The van der Waals surface area contributed by atoms with Gasteiger partial charge in [0.2, 0.25) is 5.75 Å². The summed E-state index contributed by atoms with van der Waals surface area (Å²) in [4.78, 5) is 9.32. The van der Waals surface area contributed by atoms with E-state index in [1.807, 2.05) is 37.3 Å². The maximum atomic E-state index is 9.12. The fourth-order valence-electron chi connectivity index (χ4n) is 3.52. The van der Waals surface area contributed by atoms with E-state index >= 15 is 0 Å². The first-order valence-corrected chi connectivity index (χ1v) is 10.1. The summed E-state index contributed by atoms with van der Waals surface area (Å²) >= 11 is 0. The lowest BCUT2D eigenvalue weighted by Crippen LogP contribution is -2.06. The predicted molar refractivity (Wildman–Crippen MR) is 123 cm³/mol. The molecule has 2 aromatic carbocycles. The molecule has 0 atom stereocenters. The van der Waals surface area contributed by atoms with Gasteiger partial charge in [-0.25, -0.2) is 9.97 Å². The molecule has 3 N–H and O–H groups in total. The monoisotopic (exact) mass is 435 g/mol. The van der Waals surface area contributed by atoms with Crippen molar-refractivity contribution in [3.63, 3.8) is 0 Å². The van der Waals surface area contributed by atoms with Crippen molar-refractivity contribution in [3.8, 4) is 39.8 Å². The highest BCUT2D eigenvalue weighted by atomic mass is 16.5. The SMILES string of the molecule is COc1cc(-c2[nH]nc3ncc(-c4ccc(C)c(NCCO)c4)nc23)cc(OC)c1OC. The van der Waals surface area contributed by atoms with Crippen LogP contribution in [0.4, 0.5) is 5.69 Å². The van der Waals surface area contributed by atoms with E-state index in [0.29, 0.717) is 46.3 Å². The first-order valence-electron chi connectivity index (χ1n) is 10.1. The van der Waals surface area contributed by atoms with E-state index in [-0.39, 0.29) is 6.61 Å². The molecule has 4 aromatic rings. The molecular formula is C23H25N5O4. The van der Waals surface area contributed by atoms with Crippen molar-refractivity contribution in [3.05, 3.63) is 42.1 Å². The number of aryl methyl sites for hydroxylation is 1. The Morgan fingerprint density at radius 1 is 1.00 bits per heavy atom. The molecule has 2 aromatic heterocycles. The second kappa shape index (κ2) is 9.11. The van der Waals surface area contributed by atoms with E-state index in [1.165, 1.54) is 0 Å². The van der Waals surface area contributed by atoms with Crippen molar-refractivity contribution in [1.82, 2.24) is 20.2 Å². The maximum Gasteiger partial charge on any atom is 0.203 e. The molecule has 9 nitrogen and oxygen atoms in total. The highest BCUT2D eigenvalue weighted by Crippen LogP contribution is 2.41. The van der Waals surface area contributed by atoms with Crippen LogP contribution in [0.15, 0.2) is 36.5 Å². The van der Waals surface area contributed by atoms with Gasteiger partial charge in [-0.15, -0.1) is 0 Å². The van der Waals surface area contributed by atoms with Gasteiger partial charge in [0.25, 0.3) is 0 Å². The molecule has 0 fully saturated rings. The lowest BCUT2D eigenvalue weighted by Gasteiger charge is -2.13. The topological polar surface area (TPSA) is 114 Å². The molecule has 0 saturated heterocycles. The van der Waals surface area contributed by atoms with Crippen molar-refractivity contribution >= 4 is 16.9 Å². The van der Waals surface area contributed by atoms with Crippen molar-refractivity contribution in [2.24, 2.45) is 0 Å². The van der Waals surface area contributed by atoms with Crippen LogP contribution in [0.25, 0.3) is 33.7 Å². The van der Waals surface area contributed by atoms with E-state index in [4.69, 9.17) is 24.3 Å². The second-order valence-electron chi connectivity index (χ2n) is 7.12. The van der Waals surface area contributed by atoms with E-state index in [9.17, 15) is 0 Å². The minimum atomic E-state index is 0.0581. The highest BCUT2D eigenvalue weighted by molar-refractivity contribution is 5.90. The molecule has 0 bridgehead atoms. The molecule has 0 aliphatic rings. The lowest BCUT2D eigenvalue weighted by atomic mass is 10.1. The Morgan fingerprint density at radius 2 is 1.75 bits per heavy atom. The van der Waals surface area contributed by atoms with Gasteiger partial charge >= 0.3 is 0 Å². The Morgan fingerprint density at radius 3 is 2.41 bits per heavy atom. The van der Waals surface area contributed by atoms with Gasteiger partial charge in [0.05, 0.1) is 45.5 Å². The number of hydrogen-bond donors (Lipinski definition) is 3. The number of methoxy groups -OCH3 is 3. The number of nitrogens with zero attached hydrogens (tertiary/aromatic N) is 3. The van der Waals surface area contributed by atoms with Crippen LogP contribution in [0.3, 0.4) is 0 Å². The maximum absolute atomic E-state index is 9.12. The second-order valence-corrected chi connectivity index (χ2v) is 7.12. The van der Waals surface area contributed by atoms with Gasteiger partial charge in [-0.05, 0) is 30.7 Å². The van der Waals surface area contributed by atoms with Crippen LogP contribution in [0.2, 0.25) is 0 Å². The van der Waals surface area contributed by atoms with E-state index in [0.717, 1.165) is 22.4 Å². The Hall–Kier alpha value is -3.85. The number of nitrogens with one attached hydrogen (secondary N) is 2. The van der Waals surface area contributed by atoms with Crippen LogP contribution in [0.1, 0.15) is 5.56 Å². The Bertz CT molecular complexity index is 1230. The summed E-state index contributed by atoms with van der Waals surface area (Å²) in [6.45, 7) is 2.54. The van der Waals surface area contributed by atoms with Crippen molar-refractivity contribution in [2.75, 3.05) is 39.8 Å². The van der Waals surface area contributed by atoms with Gasteiger partial charge in [0.1, 0.15) is 5.52 Å². The third kappa shape index (κ3) is 3.90. The molecule has 0 radical (unpaired) electrons. The average Bonchev–Trinajstić information content (AvgIpc) is 3.25. The number of ether oxygens (including phenoxy) is 3. The van der Waals surface area contributed by atoms with Gasteiger partial charge in [-0.3, -0.25) is 5.10 Å². The number of aliphatic hydroxyl groups is 1.